The summed E-state index contributed by atoms with van der Waals surface area (Å²) >= 11 is 0. The van der Waals surface area contributed by atoms with Gasteiger partial charge < -0.3 is 10.1 Å². The number of carbonyl (C=O) groups is 1. The van der Waals surface area contributed by atoms with E-state index in [-0.39, 0.29) is 18.5 Å². The van der Waals surface area contributed by atoms with Crippen LogP contribution in [0.5, 0.6) is 5.75 Å². The molecule has 1 heterocycles. The SMILES string of the molecule is COc1ccccc1-n1ccn(CC(=O)NC(C)CCc2ccccc2)c(=O)c1=O. The van der Waals surface area contributed by atoms with Gasteiger partial charge in [-0.25, -0.2) is 0 Å². The minimum Gasteiger partial charge on any atom is -0.495 e. The molecule has 0 spiro atoms. The lowest BCUT2D eigenvalue weighted by Gasteiger charge is -2.15. The lowest BCUT2D eigenvalue weighted by atomic mass is 10.1. The van der Waals surface area contributed by atoms with Crippen molar-refractivity contribution in [3.8, 4) is 11.4 Å². The standard InChI is InChI=1S/C23H25N3O4/c1-17(12-13-18-8-4-3-5-9-18)24-21(27)16-25-14-15-26(23(29)22(25)28)19-10-6-7-11-20(19)30-2/h3-11,14-15,17H,12-13,16H2,1-2H3,(H,24,27). The molecular formula is C23H25N3O4. The number of hydrogen-bond acceptors (Lipinski definition) is 4. The molecule has 1 atom stereocenters. The van der Waals surface area contributed by atoms with Crippen molar-refractivity contribution in [1.29, 1.82) is 0 Å². The number of amides is 1. The Labute approximate surface area is 174 Å². The summed E-state index contributed by atoms with van der Waals surface area (Å²) in [7, 11) is 1.49. The fraction of sp³-hybridized carbons (Fsp3) is 0.261. The molecular weight excluding hydrogens is 382 g/mol. The first-order chi connectivity index (χ1) is 14.5. The van der Waals surface area contributed by atoms with Crippen molar-refractivity contribution in [2.24, 2.45) is 0 Å². The third kappa shape index (κ3) is 5.05. The van der Waals surface area contributed by atoms with Crippen LogP contribution >= 0.6 is 0 Å². The van der Waals surface area contributed by atoms with Crippen LogP contribution in [0.15, 0.2) is 76.6 Å². The molecule has 0 radical (unpaired) electrons. The zero-order valence-corrected chi connectivity index (χ0v) is 17.1. The largest absolute Gasteiger partial charge is 0.495 e. The average Bonchev–Trinajstić information content (AvgIpc) is 2.76. The van der Waals surface area contributed by atoms with Crippen molar-refractivity contribution in [3.63, 3.8) is 0 Å². The lowest BCUT2D eigenvalue weighted by Crippen LogP contribution is -2.43. The summed E-state index contributed by atoms with van der Waals surface area (Å²) in [5.74, 6) is 0.161. The molecule has 7 nitrogen and oxygen atoms in total. The molecule has 3 rings (SSSR count). The monoisotopic (exact) mass is 407 g/mol. The molecule has 30 heavy (non-hydrogen) atoms. The van der Waals surface area contributed by atoms with Crippen LogP contribution < -0.4 is 21.2 Å². The van der Waals surface area contributed by atoms with Crippen LogP contribution in [0.1, 0.15) is 18.9 Å². The molecule has 0 aliphatic carbocycles. The van der Waals surface area contributed by atoms with Crippen molar-refractivity contribution in [2.75, 3.05) is 7.11 Å². The molecule has 0 saturated carbocycles. The van der Waals surface area contributed by atoms with Gasteiger partial charge in [0.1, 0.15) is 12.3 Å². The average molecular weight is 407 g/mol. The quantitative estimate of drug-likeness (QED) is 0.580. The summed E-state index contributed by atoms with van der Waals surface area (Å²) in [6.45, 7) is 1.71. The Kier molecular flexibility index (Phi) is 6.85. The van der Waals surface area contributed by atoms with Crippen molar-refractivity contribution in [3.05, 3.63) is 93.3 Å². The van der Waals surface area contributed by atoms with Gasteiger partial charge in [-0.2, -0.15) is 0 Å². The number of rotatable bonds is 8. The molecule has 2 aromatic carbocycles. The molecule has 0 aliphatic heterocycles. The van der Waals surface area contributed by atoms with E-state index in [0.29, 0.717) is 11.4 Å². The molecule has 7 heteroatoms. The van der Waals surface area contributed by atoms with Crippen LogP contribution in [0.25, 0.3) is 5.69 Å². The van der Waals surface area contributed by atoms with Crippen LogP contribution in [0.2, 0.25) is 0 Å². The van der Waals surface area contributed by atoms with Gasteiger partial charge in [0.15, 0.2) is 0 Å². The molecule has 0 fully saturated rings. The number of hydrogen-bond donors (Lipinski definition) is 1. The highest BCUT2D eigenvalue weighted by Crippen LogP contribution is 2.19. The van der Waals surface area contributed by atoms with Gasteiger partial charge in [-0.05, 0) is 37.5 Å². The molecule has 1 aromatic heterocycles. The van der Waals surface area contributed by atoms with E-state index < -0.39 is 11.1 Å². The van der Waals surface area contributed by atoms with Gasteiger partial charge in [0, 0.05) is 18.4 Å². The number of carbonyl (C=O) groups excluding carboxylic acids is 1. The lowest BCUT2D eigenvalue weighted by molar-refractivity contribution is -0.122. The van der Waals surface area contributed by atoms with Gasteiger partial charge in [0.2, 0.25) is 5.91 Å². The second-order valence-corrected chi connectivity index (χ2v) is 7.07. The highest BCUT2D eigenvalue weighted by atomic mass is 16.5. The molecule has 1 N–H and O–H groups in total. The van der Waals surface area contributed by atoms with Crippen molar-refractivity contribution >= 4 is 5.91 Å². The summed E-state index contributed by atoms with van der Waals surface area (Å²) in [6, 6.07) is 16.9. The van der Waals surface area contributed by atoms with Crippen LogP contribution in [0, 0.1) is 0 Å². The molecule has 156 valence electrons. The fourth-order valence-electron chi connectivity index (χ4n) is 3.23. The highest BCUT2D eigenvalue weighted by molar-refractivity contribution is 5.76. The number of para-hydroxylation sites is 2. The first kappa shape index (κ1) is 21.1. The third-order valence-corrected chi connectivity index (χ3v) is 4.83. The molecule has 0 aliphatic rings. The Hall–Kier alpha value is -3.61. The Morgan fingerprint density at radius 3 is 2.43 bits per heavy atom. The Bertz CT molecular complexity index is 1120. The van der Waals surface area contributed by atoms with Crippen LogP contribution in [-0.4, -0.2) is 28.2 Å². The van der Waals surface area contributed by atoms with Gasteiger partial charge in [-0.1, -0.05) is 42.5 Å². The summed E-state index contributed by atoms with van der Waals surface area (Å²) in [5.41, 5.74) is 0.158. The van der Waals surface area contributed by atoms with E-state index in [0.717, 1.165) is 17.4 Å². The van der Waals surface area contributed by atoms with E-state index in [2.05, 4.69) is 5.32 Å². The van der Waals surface area contributed by atoms with Crippen LogP contribution in [0.4, 0.5) is 0 Å². The van der Waals surface area contributed by atoms with Crippen LogP contribution in [-0.2, 0) is 17.8 Å². The second kappa shape index (κ2) is 9.73. The Morgan fingerprint density at radius 2 is 1.70 bits per heavy atom. The summed E-state index contributed by atoms with van der Waals surface area (Å²) < 4.78 is 7.59. The van der Waals surface area contributed by atoms with E-state index in [9.17, 15) is 14.4 Å². The predicted octanol–water partition coefficient (Wildman–Crippen LogP) is 2.15. The van der Waals surface area contributed by atoms with Gasteiger partial charge in [-0.15, -0.1) is 0 Å². The number of benzene rings is 2. The molecule has 1 unspecified atom stereocenters. The number of aromatic nitrogens is 2. The molecule has 1 amide bonds. The first-order valence-electron chi connectivity index (χ1n) is 9.78. The van der Waals surface area contributed by atoms with Crippen LogP contribution in [0.3, 0.4) is 0 Å². The zero-order valence-electron chi connectivity index (χ0n) is 17.1. The predicted molar refractivity (Wildman–Crippen MR) is 115 cm³/mol. The van der Waals surface area contributed by atoms with E-state index in [4.69, 9.17) is 4.74 Å². The highest BCUT2D eigenvalue weighted by Gasteiger charge is 2.13. The van der Waals surface area contributed by atoms with E-state index in [1.165, 1.54) is 29.6 Å². The van der Waals surface area contributed by atoms with E-state index >= 15 is 0 Å². The number of nitrogens with one attached hydrogen (secondary N) is 1. The first-order valence-corrected chi connectivity index (χ1v) is 9.78. The van der Waals surface area contributed by atoms with E-state index in [1.807, 2.05) is 37.3 Å². The summed E-state index contributed by atoms with van der Waals surface area (Å²) in [6.07, 6.45) is 4.52. The maximum atomic E-state index is 12.6. The molecule has 0 bridgehead atoms. The summed E-state index contributed by atoms with van der Waals surface area (Å²) in [5, 5.41) is 2.88. The second-order valence-electron chi connectivity index (χ2n) is 7.07. The maximum absolute atomic E-state index is 12.6. The van der Waals surface area contributed by atoms with Crippen molar-refractivity contribution in [2.45, 2.75) is 32.4 Å². The maximum Gasteiger partial charge on any atom is 0.321 e. The summed E-state index contributed by atoms with van der Waals surface area (Å²) in [4.78, 5) is 37.4. The van der Waals surface area contributed by atoms with Gasteiger partial charge in [0.05, 0.1) is 12.8 Å². The smallest absolute Gasteiger partial charge is 0.321 e. The number of nitrogens with zero attached hydrogens (tertiary/aromatic N) is 2. The number of aryl methyl sites for hydroxylation is 1. The fourth-order valence-corrected chi connectivity index (χ4v) is 3.23. The number of methoxy groups -OCH3 is 1. The molecule has 3 aromatic rings. The van der Waals surface area contributed by atoms with Gasteiger partial charge in [-0.3, -0.25) is 23.5 Å². The van der Waals surface area contributed by atoms with E-state index in [1.54, 1.807) is 24.3 Å². The van der Waals surface area contributed by atoms with Crippen molar-refractivity contribution < 1.29 is 9.53 Å². The topological polar surface area (TPSA) is 82.3 Å². The minimum absolute atomic E-state index is 0.0534. The third-order valence-electron chi connectivity index (χ3n) is 4.83. The zero-order chi connectivity index (χ0) is 21.5. The van der Waals surface area contributed by atoms with Gasteiger partial charge >= 0.3 is 11.1 Å². The Morgan fingerprint density at radius 1 is 1.00 bits per heavy atom. The normalized spacial score (nSPS) is 11.7. The molecule has 0 saturated heterocycles. The minimum atomic E-state index is -0.768. The van der Waals surface area contributed by atoms with Crippen molar-refractivity contribution in [1.82, 2.24) is 14.5 Å². The van der Waals surface area contributed by atoms with Gasteiger partial charge in [0.25, 0.3) is 0 Å². The Balaban J connectivity index is 1.66. The number of ether oxygens (including phenoxy) is 1.